The number of nitrogens with zero attached hydrogens (tertiary/aromatic N) is 3. The van der Waals surface area contributed by atoms with Gasteiger partial charge in [0.15, 0.2) is 0 Å². The summed E-state index contributed by atoms with van der Waals surface area (Å²) in [5.74, 6) is 0.347. The number of pyridine rings is 1. The van der Waals surface area contributed by atoms with E-state index in [0.29, 0.717) is 5.91 Å². The van der Waals surface area contributed by atoms with Gasteiger partial charge in [0.1, 0.15) is 0 Å². The number of carbonyl (C=O) groups excluding carboxylic acids is 1. The number of rotatable bonds is 3. The Kier molecular flexibility index (Phi) is 5.16. The molecule has 0 aliphatic carbocycles. The lowest BCUT2D eigenvalue weighted by Gasteiger charge is -2.40. The van der Waals surface area contributed by atoms with Gasteiger partial charge in [-0.1, -0.05) is 6.92 Å². The molecule has 0 unspecified atom stereocenters. The first kappa shape index (κ1) is 16.2. The monoisotopic (exact) mass is 317 g/mol. The Morgan fingerprint density at radius 2 is 2.13 bits per heavy atom. The van der Waals surface area contributed by atoms with Crippen molar-refractivity contribution in [2.45, 2.75) is 39.2 Å². The van der Waals surface area contributed by atoms with E-state index in [1.807, 2.05) is 23.4 Å². The summed E-state index contributed by atoms with van der Waals surface area (Å²) in [6, 6.07) is 2.04. The number of ether oxygens (including phenoxy) is 1. The minimum atomic E-state index is 0.0560. The fourth-order valence-electron chi connectivity index (χ4n) is 3.71. The van der Waals surface area contributed by atoms with Gasteiger partial charge < -0.3 is 14.5 Å². The molecule has 2 fully saturated rings. The minimum Gasteiger partial charge on any atom is -0.377 e. The molecular weight excluding hydrogens is 290 g/mol. The van der Waals surface area contributed by atoms with E-state index in [4.69, 9.17) is 4.74 Å². The van der Waals surface area contributed by atoms with Gasteiger partial charge in [0.05, 0.1) is 23.9 Å². The van der Waals surface area contributed by atoms with Crippen molar-refractivity contribution < 1.29 is 9.53 Å². The Labute approximate surface area is 138 Å². The minimum absolute atomic E-state index is 0.0560. The first-order chi connectivity index (χ1) is 11.2. The predicted octanol–water partition coefficient (Wildman–Crippen LogP) is 2.24. The van der Waals surface area contributed by atoms with Gasteiger partial charge >= 0.3 is 0 Å². The maximum absolute atomic E-state index is 12.8. The summed E-state index contributed by atoms with van der Waals surface area (Å²) in [6.45, 7) is 8.36. The largest absolute Gasteiger partial charge is 0.377 e. The first-order valence-corrected chi connectivity index (χ1v) is 8.76. The molecule has 3 heterocycles. The van der Waals surface area contributed by atoms with E-state index < -0.39 is 0 Å². The van der Waals surface area contributed by atoms with E-state index in [2.05, 4.69) is 23.7 Å². The van der Waals surface area contributed by atoms with E-state index in [-0.39, 0.29) is 12.0 Å². The number of amides is 1. The van der Waals surface area contributed by atoms with Crippen LogP contribution in [0.1, 0.15) is 31.7 Å². The van der Waals surface area contributed by atoms with Gasteiger partial charge in [-0.3, -0.25) is 9.78 Å². The van der Waals surface area contributed by atoms with Crippen LogP contribution >= 0.6 is 0 Å². The summed E-state index contributed by atoms with van der Waals surface area (Å²) in [6.07, 6.45) is 6.75. The van der Waals surface area contributed by atoms with Crippen LogP contribution in [0.5, 0.6) is 0 Å². The molecule has 23 heavy (non-hydrogen) atoms. The molecule has 1 aromatic rings. The van der Waals surface area contributed by atoms with E-state index in [0.717, 1.165) is 52.0 Å². The van der Waals surface area contributed by atoms with Gasteiger partial charge in [0.2, 0.25) is 5.91 Å². The van der Waals surface area contributed by atoms with Crippen LogP contribution in [0.15, 0.2) is 18.5 Å². The van der Waals surface area contributed by atoms with Crippen molar-refractivity contribution in [2.24, 2.45) is 5.92 Å². The molecule has 2 aliphatic rings. The quantitative estimate of drug-likeness (QED) is 0.858. The van der Waals surface area contributed by atoms with E-state index in [1.165, 1.54) is 11.3 Å². The third-order valence-electron chi connectivity index (χ3n) is 5.10. The summed E-state index contributed by atoms with van der Waals surface area (Å²) >= 11 is 0. The van der Waals surface area contributed by atoms with Crippen molar-refractivity contribution in [3.05, 3.63) is 24.0 Å². The summed E-state index contributed by atoms with van der Waals surface area (Å²) in [5.41, 5.74) is 2.43. The van der Waals surface area contributed by atoms with Gasteiger partial charge in [-0.05, 0) is 37.8 Å². The lowest BCUT2D eigenvalue weighted by Crippen LogP contribution is -2.52. The van der Waals surface area contributed by atoms with E-state index >= 15 is 0 Å². The van der Waals surface area contributed by atoms with E-state index in [1.54, 1.807) is 0 Å². The van der Waals surface area contributed by atoms with Crippen LogP contribution in [0, 0.1) is 12.8 Å². The number of hydrogen-bond acceptors (Lipinski definition) is 4. The maximum atomic E-state index is 12.8. The standard InChI is InChI=1S/C18H27N3O2/c1-3-17-15(5-4-12-23-17)18(22)21-10-8-20(9-11-21)16-13-19-7-6-14(16)2/h6-7,13,15,17H,3-5,8-12H2,1-2H3/t15-,17+/m1/s1. The van der Waals surface area contributed by atoms with Crippen LogP contribution in [0.25, 0.3) is 0 Å². The number of carbonyl (C=O) groups is 1. The fourth-order valence-corrected chi connectivity index (χ4v) is 3.71. The van der Waals surface area contributed by atoms with Crippen molar-refractivity contribution in [1.29, 1.82) is 0 Å². The highest BCUT2D eigenvalue weighted by Gasteiger charge is 2.34. The lowest BCUT2D eigenvalue weighted by atomic mass is 9.91. The van der Waals surface area contributed by atoms with Crippen LogP contribution in [0.2, 0.25) is 0 Å². The first-order valence-electron chi connectivity index (χ1n) is 8.76. The zero-order valence-electron chi connectivity index (χ0n) is 14.2. The topological polar surface area (TPSA) is 45.7 Å². The molecular formula is C18H27N3O2. The van der Waals surface area contributed by atoms with Gasteiger partial charge in [-0.15, -0.1) is 0 Å². The molecule has 0 aromatic carbocycles. The summed E-state index contributed by atoms with van der Waals surface area (Å²) in [7, 11) is 0. The van der Waals surface area contributed by atoms with E-state index in [9.17, 15) is 4.79 Å². The smallest absolute Gasteiger partial charge is 0.228 e. The van der Waals surface area contributed by atoms with Crippen LogP contribution in [-0.4, -0.2) is 54.7 Å². The second-order valence-corrected chi connectivity index (χ2v) is 6.54. The molecule has 126 valence electrons. The summed E-state index contributed by atoms with van der Waals surface area (Å²) in [4.78, 5) is 21.4. The number of anilines is 1. The fraction of sp³-hybridized carbons (Fsp3) is 0.667. The molecule has 2 aliphatic heterocycles. The SMILES string of the molecule is CC[C@@H]1OCCC[C@H]1C(=O)N1CCN(c2cnccc2C)CC1. The molecule has 0 N–H and O–H groups in total. The average molecular weight is 317 g/mol. The molecule has 1 aromatic heterocycles. The molecule has 0 spiro atoms. The van der Waals surface area contributed by atoms with Gasteiger partial charge in [0.25, 0.3) is 0 Å². The van der Waals surface area contributed by atoms with Gasteiger partial charge in [0, 0.05) is 39.0 Å². The molecule has 0 radical (unpaired) electrons. The molecule has 3 rings (SSSR count). The Morgan fingerprint density at radius 3 is 2.83 bits per heavy atom. The Balaban J connectivity index is 1.60. The Bertz CT molecular complexity index is 541. The summed E-state index contributed by atoms with van der Waals surface area (Å²) in [5, 5.41) is 0. The molecule has 2 saturated heterocycles. The van der Waals surface area contributed by atoms with Crippen LogP contribution in [-0.2, 0) is 9.53 Å². The molecule has 5 nitrogen and oxygen atoms in total. The normalized spacial score (nSPS) is 25.5. The molecule has 1 amide bonds. The van der Waals surface area contributed by atoms with Crippen molar-refractivity contribution in [2.75, 3.05) is 37.7 Å². The maximum Gasteiger partial charge on any atom is 0.228 e. The zero-order valence-corrected chi connectivity index (χ0v) is 14.2. The zero-order chi connectivity index (χ0) is 16.2. The molecule has 0 saturated carbocycles. The van der Waals surface area contributed by atoms with Gasteiger partial charge in [-0.25, -0.2) is 0 Å². The highest BCUT2D eigenvalue weighted by Crippen LogP contribution is 2.26. The third kappa shape index (κ3) is 3.50. The highest BCUT2D eigenvalue weighted by molar-refractivity contribution is 5.80. The molecule has 0 bridgehead atoms. The molecule has 5 heteroatoms. The average Bonchev–Trinajstić information content (AvgIpc) is 2.61. The van der Waals surface area contributed by atoms with Crippen LogP contribution in [0.3, 0.4) is 0 Å². The van der Waals surface area contributed by atoms with Crippen molar-refractivity contribution in [3.63, 3.8) is 0 Å². The summed E-state index contributed by atoms with van der Waals surface area (Å²) < 4.78 is 5.79. The third-order valence-corrected chi connectivity index (χ3v) is 5.10. The number of aromatic nitrogens is 1. The second-order valence-electron chi connectivity index (χ2n) is 6.54. The van der Waals surface area contributed by atoms with Crippen LogP contribution in [0.4, 0.5) is 5.69 Å². The Hall–Kier alpha value is -1.62. The number of aryl methyl sites for hydroxylation is 1. The number of piperazine rings is 1. The number of hydrogen-bond donors (Lipinski definition) is 0. The van der Waals surface area contributed by atoms with Crippen molar-refractivity contribution >= 4 is 11.6 Å². The van der Waals surface area contributed by atoms with Crippen molar-refractivity contribution in [3.8, 4) is 0 Å². The lowest BCUT2D eigenvalue weighted by molar-refractivity contribution is -0.145. The van der Waals surface area contributed by atoms with Gasteiger partial charge in [-0.2, -0.15) is 0 Å². The Morgan fingerprint density at radius 1 is 1.35 bits per heavy atom. The highest BCUT2D eigenvalue weighted by atomic mass is 16.5. The molecule has 2 atom stereocenters. The second kappa shape index (κ2) is 7.30. The van der Waals surface area contributed by atoms with Crippen LogP contribution < -0.4 is 4.90 Å². The predicted molar refractivity (Wildman–Crippen MR) is 90.5 cm³/mol. The van der Waals surface area contributed by atoms with Crippen molar-refractivity contribution in [1.82, 2.24) is 9.88 Å².